The molecule has 0 unspecified atom stereocenters. The predicted molar refractivity (Wildman–Crippen MR) is 111 cm³/mol. The molecule has 152 valence electrons. The van der Waals surface area contributed by atoms with Crippen LogP contribution >= 0.6 is 11.6 Å². The fourth-order valence-corrected chi connectivity index (χ4v) is 4.16. The Kier molecular flexibility index (Phi) is 6.74. The molecule has 0 aliphatic heterocycles. The minimum atomic E-state index is -3.83. The number of sulfonamides is 1. The molecule has 0 fully saturated rings. The third kappa shape index (κ3) is 5.69. The van der Waals surface area contributed by atoms with Crippen LogP contribution in [0.25, 0.3) is 0 Å². The van der Waals surface area contributed by atoms with Crippen LogP contribution < -0.4 is 10.0 Å². The molecule has 8 heteroatoms. The molecular weight excluding hydrogens is 412 g/mol. The molecule has 2 aromatic carbocycles. The number of benzene rings is 2. The highest BCUT2D eigenvalue weighted by atomic mass is 35.5. The standard InChI is InChI=1S/C21H21ClN2O4S/c1-15-8-10-17(11-9-15)29(26,27)24-19(20-7-4-12-28-20)13-21(25)23-14-16-5-2-3-6-18(16)22/h2-12,19,24H,13-14H2,1H3,(H,23,25)/t19-/m1/s1. The summed E-state index contributed by atoms with van der Waals surface area (Å²) in [4.78, 5) is 12.6. The largest absolute Gasteiger partial charge is 0.468 e. The monoisotopic (exact) mass is 432 g/mol. The van der Waals surface area contributed by atoms with E-state index in [-0.39, 0.29) is 23.8 Å². The van der Waals surface area contributed by atoms with Gasteiger partial charge < -0.3 is 9.73 Å². The number of aryl methyl sites for hydroxylation is 1. The summed E-state index contributed by atoms with van der Waals surface area (Å²) in [5, 5.41) is 3.32. The fourth-order valence-electron chi connectivity index (χ4n) is 2.76. The third-order valence-electron chi connectivity index (χ3n) is 4.34. The summed E-state index contributed by atoms with van der Waals surface area (Å²) in [7, 11) is -3.83. The predicted octanol–water partition coefficient (Wildman–Crippen LogP) is 3.97. The average molecular weight is 433 g/mol. The molecule has 0 aliphatic carbocycles. The van der Waals surface area contributed by atoms with Crippen molar-refractivity contribution in [1.82, 2.24) is 10.0 Å². The van der Waals surface area contributed by atoms with E-state index in [2.05, 4.69) is 10.0 Å². The molecule has 3 rings (SSSR count). The zero-order valence-corrected chi connectivity index (χ0v) is 17.3. The Morgan fingerprint density at radius 2 is 1.79 bits per heavy atom. The Labute approximate surface area is 174 Å². The van der Waals surface area contributed by atoms with Crippen molar-refractivity contribution in [2.24, 2.45) is 0 Å². The molecule has 1 aromatic heterocycles. The van der Waals surface area contributed by atoms with Crippen molar-refractivity contribution in [1.29, 1.82) is 0 Å². The number of amides is 1. The fraction of sp³-hybridized carbons (Fsp3) is 0.190. The Bertz CT molecular complexity index is 1060. The van der Waals surface area contributed by atoms with Crippen molar-refractivity contribution >= 4 is 27.5 Å². The minimum Gasteiger partial charge on any atom is -0.468 e. The number of halogens is 1. The second-order valence-electron chi connectivity index (χ2n) is 6.57. The van der Waals surface area contributed by atoms with E-state index >= 15 is 0 Å². The van der Waals surface area contributed by atoms with Gasteiger partial charge in [-0.15, -0.1) is 0 Å². The summed E-state index contributed by atoms with van der Waals surface area (Å²) < 4.78 is 33.4. The maximum Gasteiger partial charge on any atom is 0.241 e. The van der Waals surface area contributed by atoms with Gasteiger partial charge in [0.15, 0.2) is 0 Å². The van der Waals surface area contributed by atoms with Gasteiger partial charge in [0.2, 0.25) is 15.9 Å². The SMILES string of the molecule is Cc1ccc(S(=O)(=O)N[C@H](CC(=O)NCc2ccccc2Cl)c2ccco2)cc1. The molecule has 0 saturated carbocycles. The number of carbonyl (C=O) groups excluding carboxylic acids is 1. The van der Waals surface area contributed by atoms with Gasteiger partial charge in [0, 0.05) is 11.6 Å². The molecule has 0 bridgehead atoms. The Morgan fingerprint density at radius 3 is 2.45 bits per heavy atom. The van der Waals surface area contributed by atoms with Crippen molar-refractivity contribution in [2.75, 3.05) is 0 Å². The van der Waals surface area contributed by atoms with Gasteiger partial charge in [-0.05, 0) is 42.8 Å². The first-order chi connectivity index (χ1) is 13.8. The smallest absolute Gasteiger partial charge is 0.241 e. The quantitative estimate of drug-likeness (QED) is 0.563. The van der Waals surface area contributed by atoms with Crippen LogP contribution in [0.4, 0.5) is 0 Å². The van der Waals surface area contributed by atoms with Gasteiger partial charge in [-0.3, -0.25) is 4.79 Å². The van der Waals surface area contributed by atoms with Gasteiger partial charge >= 0.3 is 0 Å². The Morgan fingerprint density at radius 1 is 1.07 bits per heavy atom. The number of rotatable bonds is 8. The molecule has 2 N–H and O–H groups in total. The first kappa shape index (κ1) is 21.1. The van der Waals surface area contributed by atoms with E-state index in [0.717, 1.165) is 11.1 Å². The summed E-state index contributed by atoms with van der Waals surface area (Å²) >= 11 is 6.10. The van der Waals surface area contributed by atoms with Crippen LogP contribution in [-0.2, 0) is 21.4 Å². The number of hydrogen-bond donors (Lipinski definition) is 2. The first-order valence-electron chi connectivity index (χ1n) is 8.97. The number of hydrogen-bond acceptors (Lipinski definition) is 4. The molecule has 1 heterocycles. The summed E-state index contributed by atoms with van der Waals surface area (Å²) in [6.07, 6.45) is 1.31. The van der Waals surface area contributed by atoms with Crippen molar-refractivity contribution < 1.29 is 17.6 Å². The van der Waals surface area contributed by atoms with Crippen molar-refractivity contribution in [3.05, 3.63) is 88.8 Å². The molecule has 0 spiro atoms. The lowest BCUT2D eigenvalue weighted by molar-refractivity contribution is -0.121. The highest BCUT2D eigenvalue weighted by Crippen LogP contribution is 2.22. The van der Waals surface area contributed by atoms with Crippen LogP contribution in [0.3, 0.4) is 0 Å². The van der Waals surface area contributed by atoms with E-state index in [1.165, 1.54) is 18.4 Å². The van der Waals surface area contributed by atoms with E-state index in [9.17, 15) is 13.2 Å². The molecule has 0 saturated heterocycles. The zero-order chi connectivity index (χ0) is 20.9. The van der Waals surface area contributed by atoms with E-state index in [4.69, 9.17) is 16.0 Å². The first-order valence-corrected chi connectivity index (χ1v) is 10.8. The molecule has 6 nitrogen and oxygen atoms in total. The lowest BCUT2D eigenvalue weighted by Crippen LogP contribution is -2.33. The normalized spacial score (nSPS) is 12.5. The van der Waals surface area contributed by atoms with Crippen LogP contribution in [0.2, 0.25) is 5.02 Å². The van der Waals surface area contributed by atoms with Crippen LogP contribution in [0, 0.1) is 6.92 Å². The second-order valence-corrected chi connectivity index (χ2v) is 8.70. The van der Waals surface area contributed by atoms with Crippen LogP contribution in [0.1, 0.15) is 29.3 Å². The molecule has 3 aromatic rings. The molecule has 1 atom stereocenters. The lowest BCUT2D eigenvalue weighted by atomic mass is 10.1. The molecule has 29 heavy (non-hydrogen) atoms. The van der Waals surface area contributed by atoms with Gasteiger partial charge in [-0.1, -0.05) is 47.5 Å². The van der Waals surface area contributed by atoms with Gasteiger partial charge in [-0.2, -0.15) is 4.72 Å². The maximum absolute atomic E-state index is 12.8. The Hall–Kier alpha value is -2.61. The van der Waals surface area contributed by atoms with Crippen LogP contribution in [0.15, 0.2) is 76.2 Å². The summed E-state index contributed by atoms with van der Waals surface area (Å²) in [5.74, 6) is 0.0199. The van der Waals surface area contributed by atoms with Crippen LogP contribution in [0.5, 0.6) is 0 Å². The molecule has 0 aliphatic rings. The summed E-state index contributed by atoms with van der Waals surface area (Å²) in [6, 6.07) is 16.1. The number of furan rings is 1. The van der Waals surface area contributed by atoms with E-state index in [1.807, 2.05) is 19.1 Å². The van der Waals surface area contributed by atoms with Gasteiger partial charge in [-0.25, -0.2) is 8.42 Å². The van der Waals surface area contributed by atoms with Crippen molar-refractivity contribution in [3.8, 4) is 0 Å². The maximum atomic E-state index is 12.8. The van der Waals surface area contributed by atoms with E-state index in [1.54, 1.807) is 36.4 Å². The minimum absolute atomic E-state index is 0.121. The second kappa shape index (κ2) is 9.26. The average Bonchev–Trinajstić information content (AvgIpc) is 3.22. The molecule has 0 radical (unpaired) electrons. The summed E-state index contributed by atoms with van der Waals surface area (Å²) in [5.41, 5.74) is 1.72. The molecule has 1 amide bonds. The zero-order valence-electron chi connectivity index (χ0n) is 15.8. The topological polar surface area (TPSA) is 88.4 Å². The summed E-state index contributed by atoms with van der Waals surface area (Å²) in [6.45, 7) is 2.12. The van der Waals surface area contributed by atoms with Gasteiger partial charge in [0.1, 0.15) is 5.76 Å². The van der Waals surface area contributed by atoms with E-state index < -0.39 is 16.1 Å². The van der Waals surface area contributed by atoms with Crippen molar-refractivity contribution in [2.45, 2.75) is 30.8 Å². The number of carbonyl (C=O) groups is 1. The van der Waals surface area contributed by atoms with Crippen LogP contribution in [-0.4, -0.2) is 14.3 Å². The molecular formula is C21H21ClN2O4S. The van der Waals surface area contributed by atoms with E-state index in [0.29, 0.717) is 10.8 Å². The number of nitrogens with one attached hydrogen (secondary N) is 2. The highest BCUT2D eigenvalue weighted by molar-refractivity contribution is 7.89. The third-order valence-corrected chi connectivity index (χ3v) is 6.20. The Balaban J connectivity index is 1.71. The van der Waals surface area contributed by atoms with Gasteiger partial charge in [0.25, 0.3) is 0 Å². The van der Waals surface area contributed by atoms with Gasteiger partial charge in [0.05, 0.1) is 23.6 Å². The lowest BCUT2D eigenvalue weighted by Gasteiger charge is -2.17. The highest BCUT2D eigenvalue weighted by Gasteiger charge is 2.25. The van der Waals surface area contributed by atoms with Crippen molar-refractivity contribution in [3.63, 3.8) is 0 Å².